The van der Waals surface area contributed by atoms with Crippen molar-refractivity contribution in [1.29, 1.82) is 5.26 Å². The van der Waals surface area contributed by atoms with Gasteiger partial charge in [0.2, 0.25) is 0 Å². The van der Waals surface area contributed by atoms with Gasteiger partial charge in [0.25, 0.3) is 0 Å². The number of hydrogen-bond acceptors (Lipinski definition) is 3. The first-order chi connectivity index (χ1) is 8.73. The van der Waals surface area contributed by atoms with E-state index in [1.54, 1.807) is 0 Å². The van der Waals surface area contributed by atoms with E-state index in [-0.39, 0.29) is 11.5 Å². The number of nitrogens with zero attached hydrogens (tertiary/aromatic N) is 1. The molecule has 0 spiro atoms. The summed E-state index contributed by atoms with van der Waals surface area (Å²) in [5.74, 6) is 0.227. The molecule has 0 aromatic heterocycles. The standard InChI is InChI=1S/C15H26N2O/c1-3-15(4-2)10-13(8-9-18-15)17-14-7-5-6-12(14)11-16/h12-14,17H,3-10H2,1-2H3. The fourth-order valence-electron chi connectivity index (χ4n) is 3.53. The summed E-state index contributed by atoms with van der Waals surface area (Å²) >= 11 is 0. The molecule has 3 atom stereocenters. The van der Waals surface area contributed by atoms with E-state index in [1.807, 2.05) is 0 Å². The molecule has 1 saturated carbocycles. The lowest BCUT2D eigenvalue weighted by Crippen LogP contribution is -2.50. The van der Waals surface area contributed by atoms with Crippen LogP contribution in [0.2, 0.25) is 0 Å². The van der Waals surface area contributed by atoms with Gasteiger partial charge in [0.15, 0.2) is 0 Å². The van der Waals surface area contributed by atoms with Crippen LogP contribution >= 0.6 is 0 Å². The Morgan fingerprint density at radius 3 is 2.72 bits per heavy atom. The molecule has 0 bridgehead atoms. The highest BCUT2D eigenvalue weighted by atomic mass is 16.5. The Kier molecular flexibility index (Phi) is 4.64. The van der Waals surface area contributed by atoms with Crippen LogP contribution in [0.25, 0.3) is 0 Å². The van der Waals surface area contributed by atoms with Crippen LogP contribution in [0.4, 0.5) is 0 Å². The number of hydrogen-bond donors (Lipinski definition) is 1. The van der Waals surface area contributed by atoms with E-state index < -0.39 is 0 Å². The first kappa shape index (κ1) is 13.8. The molecule has 18 heavy (non-hydrogen) atoms. The van der Waals surface area contributed by atoms with E-state index in [9.17, 15) is 0 Å². The molecule has 102 valence electrons. The monoisotopic (exact) mass is 250 g/mol. The van der Waals surface area contributed by atoms with Crippen molar-refractivity contribution in [1.82, 2.24) is 5.32 Å². The van der Waals surface area contributed by atoms with Gasteiger partial charge in [-0.3, -0.25) is 0 Å². The molecule has 3 heteroatoms. The molecule has 2 aliphatic rings. The number of ether oxygens (including phenoxy) is 1. The van der Waals surface area contributed by atoms with Crippen molar-refractivity contribution in [2.45, 2.75) is 76.5 Å². The third-order valence-corrected chi connectivity index (χ3v) is 4.91. The normalized spacial score (nSPS) is 35.3. The summed E-state index contributed by atoms with van der Waals surface area (Å²) < 4.78 is 6.01. The second-order valence-electron chi connectivity index (χ2n) is 5.87. The summed E-state index contributed by atoms with van der Waals surface area (Å²) in [5, 5.41) is 12.9. The first-order valence-electron chi connectivity index (χ1n) is 7.52. The third-order valence-electron chi connectivity index (χ3n) is 4.91. The average molecular weight is 250 g/mol. The molecule has 1 aliphatic heterocycles. The van der Waals surface area contributed by atoms with Gasteiger partial charge in [0.05, 0.1) is 17.6 Å². The highest BCUT2D eigenvalue weighted by molar-refractivity contribution is 4.99. The van der Waals surface area contributed by atoms with Crippen molar-refractivity contribution in [3.63, 3.8) is 0 Å². The van der Waals surface area contributed by atoms with Crippen LogP contribution < -0.4 is 5.32 Å². The van der Waals surface area contributed by atoms with Crippen molar-refractivity contribution in [3.8, 4) is 6.07 Å². The maximum Gasteiger partial charge on any atom is 0.0692 e. The Hall–Kier alpha value is -0.590. The largest absolute Gasteiger partial charge is 0.375 e. The molecular formula is C15H26N2O. The lowest BCUT2D eigenvalue weighted by molar-refractivity contribution is -0.0942. The van der Waals surface area contributed by atoms with Crippen LogP contribution in [0, 0.1) is 17.2 Å². The van der Waals surface area contributed by atoms with Gasteiger partial charge in [-0.25, -0.2) is 0 Å². The summed E-state index contributed by atoms with van der Waals surface area (Å²) in [6, 6.07) is 3.42. The lowest BCUT2D eigenvalue weighted by Gasteiger charge is -2.41. The van der Waals surface area contributed by atoms with Crippen LogP contribution in [-0.4, -0.2) is 24.3 Å². The fourth-order valence-corrected chi connectivity index (χ4v) is 3.53. The minimum absolute atomic E-state index is 0.0800. The minimum atomic E-state index is 0.0800. The molecule has 1 saturated heterocycles. The Bertz CT molecular complexity index is 306. The highest BCUT2D eigenvalue weighted by Gasteiger charge is 2.37. The molecule has 3 nitrogen and oxygen atoms in total. The van der Waals surface area contributed by atoms with Crippen LogP contribution in [-0.2, 0) is 4.74 Å². The van der Waals surface area contributed by atoms with Crippen molar-refractivity contribution >= 4 is 0 Å². The van der Waals surface area contributed by atoms with Gasteiger partial charge in [0.1, 0.15) is 0 Å². The van der Waals surface area contributed by atoms with Crippen LogP contribution in [0.3, 0.4) is 0 Å². The van der Waals surface area contributed by atoms with Gasteiger partial charge in [-0.05, 0) is 38.5 Å². The van der Waals surface area contributed by atoms with Gasteiger partial charge in [0, 0.05) is 18.7 Å². The molecule has 2 fully saturated rings. The predicted molar refractivity (Wildman–Crippen MR) is 72.2 cm³/mol. The maximum atomic E-state index is 9.15. The summed E-state index contributed by atoms with van der Waals surface area (Å²) in [6.45, 7) is 5.31. The molecule has 1 heterocycles. The van der Waals surface area contributed by atoms with Gasteiger partial charge in [-0.1, -0.05) is 20.3 Å². The van der Waals surface area contributed by atoms with Gasteiger partial charge in [-0.2, -0.15) is 5.26 Å². The number of rotatable bonds is 4. The Morgan fingerprint density at radius 2 is 2.06 bits per heavy atom. The summed E-state index contributed by atoms with van der Waals surface area (Å²) in [5.41, 5.74) is 0.0800. The number of nitriles is 1. The van der Waals surface area contributed by atoms with Crippen LogP contribution in [0.1, 0.15) is 58.8 Å². The van der Waals surface area contributed by atoms with E-state index in [4.69, 9.17) is 10.00 Å². The van der Waals surface area contributed by atoms with Crippen molar-refractivity contribution in [2.75, 3.05) is 6.61 Å². The van der Waals surface area contributed by atoms with Gasteiger partial charge < -0.3 is 10.1 Å². The van der Waals surface area contributed by atoms with Crippen molar-refractivity contribution in [3.05, 3.63) is 0 Å². The zero-order chi connectivity index (χ0) is 13.0. The van der Waals surface area contributed by atoms with E-state index >= 15 is 0 Å². The Morgan fingerprint density at radius 1 is 1.28 bits per heavy atom. The fraction of sp³-hybridized carbons (Fsp3) is 0.933. The predicted octanol–water partition coefficient (Wildman–Crippen LogP) is 3.01. The second kappa shape index (κ2) is 6.04. The topological polar surface area (TPSA) is 45.0 Å². The second-order valence-corrected chi connectivity index (χ2v) is 5.87. The van der Waals surface area contributed by atoms with Gasteiger partial charge in [-0.15, -0.1) is 0 Å². The van der Waals surface area contributed by atoms with E-state index in [0.29, 0.717) is 12.1 Å². The highest BCUT2D eigenvalue weighted by Crippen LogP contribution is 2.33. The van der Waals surface area contributed by atoms with Crippen molar-refractivity contribution < 1.29 is 4.74 Å². The zero-order valence-electron chi connectivity index (χ0n) is 11.7. The zero-order valence-corrected chi connectivity index (χ0v) is 11.7. The first-order valence-corrected chi connectivity index (χ1v) is 7.52. The molecule has 0 aromatic carbocycles. The molecule has 0 radical (unpaired) electrons. The summed E-state index contributed by atoms with van der Waals surface area (Å²) in [6.07, 6.45) is 7.82. The smallest absolute Gasteiger partial charge is 0.0692 e. The lowest BCUT2D eigenvalue weighted by atomic mass is 9.85. The quantitative estimate of drug-likeness (QED) is 0.834. The molecule has 0 aromatic rings. The molecule has 1 aliphatic carbocycles. The molecule has 1 N–H and O–H groups in total. The van der Waals surface area contributed by atoms with E-state index in [1.165, 1.54) is 12.8 Å². The number of nitrogens with one attached hydrogen (secondary N) is 1. The average Bonchev–Trinajstić information content (AvgIpc) is 2.86. The Balaban J connectivity index is 1.91. The van der Waals surface area contributed by atoms with E-state index in [2.05, 4.69) is 25.2 Å². The summed E-state index contributed by atoms with van der Waals surface area (Å²) in [4.78, 5) is 0. The van der Waals surface area contributed by atoms with E-state index in [0.717, 1.165) is 38.7 Å². The molecule has 2 rings (SSSR count). The molecular weight excluding hydrogens is 224 g/mol. The van der Waals surface area contributed by atoms with Crippen molar-refractivity contribution in [2.24, 2.45) is 5.92 Å². The summed E-state index contributed by atoms with van der Waals surface area (Å²) in [7, 11) is 0. The van der Waals surface area contributed by atoms with Gasteiger partial charge >= 0.3 is 0 Å². The Labute approximate surface area is 111 Å². The molecule has 3 unspecified atom stereocenters. The van der Waals surface area contributed by atoms with Crippen LogP contribution in [0.15, 0.2) is 0 Å². The third kappa shape index (κ3) is 2.87. The SMILES string of the molecule is CCC1(CC)CC(NC2CCCC2C#N)CCO1. The maximum absolute atomic E-state index is 9.15. The minimum Gasteiger partial charge on any atom is -0.375 e. The van der Waals surface area contributed by atoms with Crippen LogP contribution in [0.5, 0.6) is 0 Å². The molecule has 0 amide bonds.